The molecule has 0 aromatic heterocycles. The number of amides is 1. The van der Waals surface area contributed by atoms with Gasteiger partial charge >= 0.3 is 88.7 Å². The average Bonchev–Trinajstić information content (AvgIpc) is 2.70. The monoisotopic (exact) mass is 598 g/mol. The molecule has 0 atom stereocenters. The summed E-state index contributed by atoms with van der Waals surface area (Å²) >= 11 is 0. The van der Waals surface area contributed by atoms with Crippen LogP contribution < -0.4 is 94.0 Å². The Kier molecular flexibility index (Phi) is 13.1. The summed E-state index contributed by atoms with van der Waals surface area (Å²) in [7, 11) is -16.1. The van der Waals surface area contributed by atoms with Crippen molar-refractivity contribution in [3.05, 3.63) is 64.2 Å². The van der Waals surface area contributed by atoms with E-state index in [1.807, 2.05) is 0 Å². The van der Waals surface area contributed by atoms with Crippen LogP contribution in [0.1, 0.15) is 10.4 Å². The summed E-state index contributed by atoms with van der Waals surface area (Å²) < 4.78 is 104. The standard InChI is InChI=1S/C17H12N2O12S3.3Na/c20-17(9-1-3-11(4-2-9)19(21)22)18-14-7-12(32(23,24)25)5-10-6-13(33(26,27)28)8-15(16(10)14)34(29,30)31;;;/h1-8H,(H,18,20)(H,23,24,25)(H,26,27,28)(H,29,30,31);;;/q;3*+1/p-3. The van der Waals surface area contributed by atoms with Crippen molar-refractivity contribution in [2.75, 3.05) is 5.32 Å². The molecule has 0 aliphatic rings. The number of carbonyl (C=O) groups is 1. The number of nitrogens with zero attached hydrogens (tertiary/aromatic N) is 1. The Hall–Kier alpha value is -0.480. The van der Waals surface area contributed by atoms with Crippen LogP contribution in [-0.4, -0.2) is 49.7 Å². The van der Waals surface area contributed by atoms with Crippen molar-refractivity contribution >= 4 is 58.4 Å². The molecule has 14 nitrogen and oxygen atoms in total. The van der Waals surface area contributed by atoms with Gasteiger partial charge in [0.05, 0.1) is 25.3 Å². The zero-order chi connectivity index (χ0) is 25.6. The van der Waals surface area contributed by atoms with Gasteiger partial charge < -0.3 is 19.0 Å². The molecular formula is C17H9N2Na3O12S3. The van der Waals surface area contributed by atoms with Crippen molar-refractivity contribution in [2.24, 2.45) is 0 Å². The molecule has 37 heavy (non-hydrogen) atoms. The van der Waals surface area contributed by atoms with Crippen molar-refractivity contribution in [1.29, 1.82) is 0 Å². The minimum atomic E-state index is -5.51. The molecule has 0 heterocycles. The number of fused-ring (bicyclic) bond motifs is 1. The molecule has 3 aromatic rings. The van der Waals surface area contributed by atoms with E-state index in [1.165, 1.54) is 0 Å². The molecule has 0 saturated carbocycles. The van der Waals surface area contributed by atoms with E-state index in [1.54, 1.807) is 0 Å². The van der Waals surface area contributed by atoms with E-state index in [0.717, 1.165) is 24.3 Å². The molecule has 0 radical (unpaired) electrons. The van der Waals surface area contributed by atoms with Crippen molar-refractivity contribution in [3.63, 3.8) is 0 Å². The van der Waals surface area contributed by atoms with Crippen molar-refractivity contribution in [2.45, 2.75) is 14.7 Å². The molecule has 1 N–H and O–H groups in total. The molecule has 3 aromatic carbocycles. The fraction of sp³-hybridized carbons (Fsp3) is 0. The number of hydrogen-bond acceptors (Lipinski definition) is 12. The van der Waals surface area contributed by atoms with Crippen molar-refractivity contribution in [1.82, 2.24) is 0 Å². The second kappa shape index (κ2) is 13.2. The van der Waals surface area contributed by atoms with Crippen LogP contribution in [0.5, 0.6) is 0 Å². The van der Waals surface area contributed by atoms with Gasteiger partial charge in [-0.2, -0.15) is 0 Å². The summed E-state index contributed by atoms with van der Waals surface area (Å²) in [6.45, 7) is 0. The molecule has 0 aliphatic heterocycles. The minimum absolute atomic E-state index is 0. The predicted molar refractivity (Wildman–Crippen MR) is 109 cm³/mol. The first kappa shape index (κ1) is 36.5. The van der Waals surface area contributed by atoms with Crippen LogP contribution in [0.4, 0.5) is 11.4 Å². The van der Waals surface area contributed by atoms with Gasteiger partial charge in [0.2, 0.25) is 0 Å². The second-order valence-corrected chi connectivity index (χ2v) is 10.7. The van der Waals surface area contributed by atoms with Gasteiger partial charge in [0.25, 0.3) is 11.6 Å². The fourth-order valence-electron chi connectivity index (χ4n) is 2.94. The van der Waals surface area contributed by atoms with E-state index in [2.05, 4.69) is 5.32 Å². The second-order valence-electron chi connectivity index (χ2n) is 6.61. The Morgan fingerprint density at radius 3 is 1.59 bits per heavy atom. The van der Waals surface area contributed by atoms with Gasteiger partial charge in [-0.1, -0.05) is 0 Å². The van der Waals surface area contributed by atoms with E-state index in [-0.39, 0.29) is 106 Å². The predicted octanol–water partition coefficient (Wildman–Crippen LogP) is -8.28. The topological polar surface area (TPSA) is 244 Å². The average molecular weight is 598 g/mol. The Balaban J connectivity index is 0.00000432. The molecule has 1 amide bonds. The molecule has 0 fully saturated rings. The summed E-state index contributed by atoms with van der Waals surface area (Å²) in [6.07, 6.45) is 0. The Bertz CT molecular complexity index is 1690. The van der Waals surface area contributed by atoms with Gasteiger partial charge in [-0.3, -0.25) is 14.9 Å². The molecule has 180 valence electrons. The molecule has 0 spiro atoms. The maximum atomic E-state index is 12.6. The number of hydrogen-bond donors (Lipinski definition) is 1. The summed E-state index contributed by atoms with van der Waals surface area (Å²) in [4.78, 5) is 19.1. The van der Waals surface area contributed by atoms with Crippen LogP contribution >= 0.6 is 0 Å². The molecule has 0 aliphatic carbocycles. The largest absolute Gasteiger partial charge is 1.00 e. The number of nitrogens with one attached hydrogen (secondary N) is 1. The number of carbonyl (C=O) groups excluding carboxylic acids is 1. The van der Waals surface area contributed by atoms with Crippen LogP contribution in [0.3, 0.4) is 0 Å². The Morgan fingerprint density at radius 1 is 0.730 bits per heavy atom. The third kappa shape index (κ3) is 8.75. The number of nitro groups is 1. The third-order valence-electron chi connectivity index (χ3n) is 4.40. The first-order valence-electron chi connectivity index (χ1n) is 8.54. The summed E-state index contributed by atoms with van der Waals surface area (Å²) in [5.41, 5.74) is -1.29. The van der Waals surface area contributed by atoms with Crippen LogP contribution in [0.25, 0.3) is 10.8 Å². The maximum Gasteiger partial charge on any atom is 1.00 e. The number of anilines is 1. The van der Waals surface area contributed by atoms with Crippen molar-refractivity contribution in [3.8, 4) is 0 Å². The smallest absolute Gasteiger partial charge is 0.744 e. The van der Waals surface area contributed by atoms with E-state index in [4.69, 9.17) is 0 Å². The number of nitro benzene ring substituents is 1. The van der Waals surface area contributed by atoms with Gasteiger partial charge in [-0.15, -0.1) is 0 Å². The van der Waals surface area contributed by atoms with E-state index < -0.39 is 72.3 Å². The first-order valence-corrected chi connectivity index (χ1v) is 12.8. The van der Waals surface area contributed by atoms with Gasteiger partial charge in [-0.05, 0) is 41.8 Å². The SMILES string of the molecule is O=C(Nc1cc(S(=O)(=O)[O-])cc2cc(S(=O)(=O)[O-])cc(S(=O)(=O)[O-])c12)c1ccc([N+](=O)[O-])cc1.[Na+].[Na+].[Na+]. The van der Waals surface area contributed by atoms with Crippen molar-refractivity contribution < 1.29 is 137 Å². The molecule has 20 heteroatoms. The van der Waals surface area contributed by atoms with Gasteiger partial charge in [-0.25, -0.2) is 25.3 Å². The summed E-state index contributed by atoms with van der Waals surface area (Å²) in [5.74, 6) is -1.06. The van der Waals surface area contributed by atoms with Crippen LogP contribution in [-0.2, 0) is 30.4 Å². The van der Waals surface area contributed by atoms with Crippen LogP contribution in [0.15, 0.2) is 63.2 Å². The van der Waals surface area contributed by atoms with E-state index in [0.29, 0.717) is 18.2 Å². The molecule has 0 saturated heterocycles. The number of rotatable bonds is 6. The molecule has 0 unspecified atom stereocenters. The molecule has 0 bridgehead atoms. The number of benzene rings is 3. The van der Waals surface area contributed by atoms with Gasteiger partial charge in [0, 0.05) is 23.1 Å². The summed E-state index contributed by atoms with van der Waals surface area (Å²) in [5, 5.41) is 11.5. The van der Waals surface area contributed by atoms with Gasteiger partial charge in [0.15, 0.2) is 0 Å². The molecular weight excluding hydrogens is 589 g/mol. The van der Waals surface area contributed by atoms with E-state index in [9.17, 15) is 53.8 Å². The summed E-state index contributed by atoms with van der Waals surface area (Å²) in [6, 6.07) is 5.78. The first-order chi connectivity index (χ1) is 15.5. The molecule has 3 rings (SSSR count). The third-order valence-corrected chi connectivity index (χ3v) is 6.88. The van der Waals surface area contributed by atoms with Crippen LogP contribution in [0.2, 0.25) is 0 Å². The number of non-ortho nitro benzene ring substituents is 1. The normalized spacial score (nSPS) is 11.4. The zero-order valence-corrected chi connectivity index (χ0v) is 27.6. The Labute approximate surface area is 276 Å². The van der Waals surface area contributed by atoms with E-state index >= 15 is 0 Å². The minimum Gasteiger partial charge on any atom is -0.744 e. The van der Waals surface area contributed by atoms with Gasteiger partial charge in [0.1, 0.15) is 30.4 Å². The van der Waals surface area contributed by atoms with Crippen LogP contribution in [0, 0.1) is 10.1 Å². The zero-order valence-electron chi connectivity index (χ0n) is 19.2. The quantitative estimate of drug-likeness (QED) is 0.120. The Morgan fingerprint density at radius 2 is 1.19 bits per heavy atom. The fourth-order valence-corrected chi connectivity index (χ4v) is 4.83. The maximum absolute atomic E-state index is 12.6.